The van der Waals surface area contributed by atoms with Gasteiger partial charge in [-0.15, -0.1) is 11.8 Å². The fraction of sp³-hybridized carbons (Fsp3) is 0.368. The van der Waals surface area contributed by atoms with Gasteiger partial charge in [-0.25, -0.2) is 0 Å². The van der Waals surface area contributed by atoms with Crippen LogP contribution in [0.2, 0.25) is 0 Å². The Hall–Kier alpha value is -1.21. The van der Waals surface area contributed by atoms with Crippen LogP contribution in [0.1, 0.15) is 40.2 Å². The summed E-state index contributed by atoms with van der Waals surface area (Å²) >= 11 is 1.94. The molecule has 106 valence electrons. The molecule has 0 saturated heterocycles. The maximum Gasteiger partial charge on any atom is 0.0153 e. The molecule has 0 atom stereocenters. The summed E-state index contributed by atoms with van der Waals surface area (Å²) in [5.41, 5.74) is 4.24. The van der Waals surface area contributed by atoms with E-state index in [4.69, 9.17) is 0 Å². The predicted molar refractivity (Wildman–Crippen MR) is 91.6 cm³/mol. The Bertz CT molecular complexity index is 562. The predicted octanol–water partition coefficient (Wildman–Crippen LogP) is 6.15. The van der Waals surface area contributed by atoms with E-state index in [1.54, 1.807) is 0 Å². The zero-order valence-corrected chi connectivity index (χ0v) is 13.9. The third-order valence-corrected chi connectivity index (χ3v) is 4.37. The van der Waals surface area contributed by atoms with Crippen LogP contribution in [0.25, 0.3) is 11.1 Å². The van der Waals surface area contributed by atoms with Crippen molar-refractivity contribution in [3.63, 3.8) is 0 Å². The summed E-state index contributed by atoms with van der Waals surface area (Å²) in [6.45, 7) is 11.3. The molecule has 0 nitrogen and oxygen atoms in total. The number of benzene rings is 2. The van der Waals surface area contributed by atoms with Crippen LogP contribution in [0.3, 0.4) is 0 Å². The van der Waals surface area contributed by atoms with E-state index in [9.17, 15) is 0 Å². The lowest BCUT2D eigenvalue weighted by atomic mass is 9.85. The van der Waals surface area contributed by atoms with Crippen molar-refractivity contribution in [1.82, 2.24) is 0 Å². The van der Waals surface area contributed by atoms with Gasteiger partial charge in [-0.3, -0.25) is 0 Å². The van der Waals surface area contributed by atoms with Crippen LogP contribution < -0.4 is 0 Å². The van der Waals surface area contributed by atoms with Gasteiger partial charge >= 0.3 is 0 Å². The van der Waals surface area contributed by atoms with Crippen molar-refractivity contribution in [3.8, 4) is 11.1 Å². The lowest BCUT2D eigenvalue weighted by molar-refractivity contribution is 0.590. The summed E-state index contributed by atoms with van der Waals surface area (Å²) in [6.07, 6.45) is 0. The molecule has 20 heavy (non-hydrogen) atoms. The lowest BCUT2D eigenvalue weighted by Gasteiger charge is -2.22. The smallest absolute Gasteiger partial charge is 0.0153 e. The van der Waals surface area contributed by atoms with Gasteiger partial charge in [0.05, 0.1) is 0 Å². The molecule has 0 amide bonds. The van der Waals surface area contributed by atoms with E-state index in [0.29, 0.717) is 5.25 Å². The minimum Gasteiger partial charge on any atom is -0.123 e. The van der Waals surface area contributed by atoms with Crippen LogP contribution in [0, 0.1) is 0 Å². The van der Waals surface area contributed by atoms with Crippen molar-refractivity contribution in [1.29, 1.82) is 0 Å². The average Bonchev–Trinajstić information content (AvgIpc) is 2.38. The van der Waals surface area contributed by atoms with Crippen LogP contribution in [0.15, 0.2) is 53.4 Å². The zero-order chi connectivity index (χ0) is 14.8. The molecular formula is C19H24S. The maximum atomic E-state index is 2.36. The Kier molecular flexibility index (Phi) is 4.59. The van der Waals surface area contributed by atoms with Crippen molar-refractivity contribution >= 4 is 11.8 Å². The van der Waals surface area contributed by atoms with E-state index in [-0.39, 0.29) is 5.41 Å². The van der Waals surface area contributed by atoms with Crippen molar-refractivity contribution in [2.45, 2.75) is 50.2 Å². The summed E-state index contributed by atoms with van der Waals surface area (Å²) in [5, 5.41) is 0.595. The number of hydrogen-bond acceptors (Lipinski definition) is 1. The van der Waals surface area contributed by atoms with Crippen LogP contribution in [-0.4, -0.2) is 5.25 Å². The summed E-state index contributed by atoms with van der Waals surface area (Å²) < 4.78 is 0. The van der Waals surface area contributed by atoms with Gasteiger partial charge in [0.1, 0.15) is 0 Å². The van der Waals surface area contributed by atoms with Crippen LogP contribution in [-0.2, 0) is 5.41 Å². The normalized spacial score (nSPS) is 11.9. The fourth-order valence-corrected chi connectivity index (χ4v) is 3.15. The summed E-state index contributed by atoms with van der Waals surface area (Å²) in [4.78, 5) is 1.37. The Morgan fingerprint density at radius 1 is 0.900 bits per heavy atom. The van der Waals surface area contributed by atoms with E-state index in [1.165, 1.54) is 21.6 Å². The summed E-state index contributed by atoms with van der Waals surface area (Å²) in [5.74, 6) is 0. The molecule has 0 heterocycles. The van der Waals surface area contributed by atoms with E-state index < -0.39 is 0 Å². The van der Waals surface area contributed by atoms with Gasteiger partial charge in [-0.2, -0.15) is 0 Å². The van der Waals surface area contributed by atoms with Crippen LogP contribution in [0.4, 0.5) is 0 Å². The minimum absolute atomic E-state index is 0.185. The second kappa shape index (κ2) is 6.05. The highest BCUT2D eigenvalue weighted by Crippen LogP contribution is 2.36. The average molecular weight is 284 g/mol. The van der Waals surface area contributed by atoms with E-state index in [1.807, 2.05) is 11.8 Å². The molecule has 0 bridgehead atoms. The first-order valence-corrected chi connectivity index (χ1v) is 8.12. The second-order valence-corrected chi connectivity index (χ2v) is 8.11. The third kappa shape index (κ3) is 3.67. The van der Waals surface area contributed by atoms with Crippen molar-refractivity contribution in [3.05, 3.63) is 54.1 Å². The second-order valence-electron chi connectivity index (χ2n) is 6.49. The Labute approximate surface area is 127 Å². The van der Waals surface area contributed by atoms with Crippen LogP contribution >= 0.6 is 11.8 Å². The number of rotatable bonds is 3. The topological polar surface area (TPSA) is 0 Å². The maximum absolute atomic E-state index is 2.36. The van der Waals surface area contributed by atoms with E-state index >= 15 is 0 Å². The molecule has 0 spiro atoms. The standard InChI is InChI=1S/C19H24S/c1-14(2)20-18-12-11-16(19(3,4)5)13-17(18)15-9-7-6-8-10-15/h6-14H,1-5H3. The molecule has 0 aliphatic heterocycles. The molecule has 0 unspecified atom stereocenters. The quantitative estimate of drug-likeness (QED) is 0.609. The first-order valence-electron chi connectivity index (χ1n) is 7.24. The lowest BCUT2D eigenvalue weighted by Crippen LogP contribution is -2.11. The third-order valence-electron chi connectivity index (χ3n) is 3.29. The molecule has 0 N–H and O–H groups in total. The SMILES string of the molecule is CC(C)Sc1ccc(C(C)(C)C)cc1-c1ccccc1. The molecule has 2 aromatic carbocycles. The zero-order valence-electron chi connectivity index (χ0n) is 13.1. The van der Waals surface area contributed by atoms with E-state index in [0.717, 1.165) is 0 Å². The van der Waals surface area contributed by atoms with Gasteiger partial charge in [-0.05, 0) is 34.2 Å². The molecule has 0 fully saturated rings. The Morgan fingerprint density at radius 2 is 1.55 bits per heavy atom. The molecule has 0 aliphatic rings. The van der Waals surface area contributed by atoms with Gasteiger partial charge in [-0.1, -0.05) is 71.0 Å². The first-order chi connectivity index (χ1) is 9.38. The summed E-state index contributed by atoms with van der Waals surface area (Å²) in [6, 6.07) is 17.6. The molecule has 1 heteroatoms. The van der Waals surface area contributed by atoms with Crippen molar-refractivity contribution < 1.29 is 0 Å². The molecule has 0 radical (unpaired) electrons. The molecule has 0 aliphatic carbocycles. The summed E-state index contributed by atoms with van der Waals surface area (Å²) in [7, 11) is 0. The Balaban J connectivity index is 2.54. The van der Waals surface area contributed by atoms with Gasteiger partial charge in [0.2, 0.25) is 0 Å². The molecule has 2 aromatic rings. The Morgan fingerprint density at radius 3 is 2.10 bits per heavy atom. The van der Waals surface area contributed by atoms with Crippen LogP contribution in [0.5, 0.6) is 0 Å². The molecule has 0 saturated carbocycles. The van der Waals surface area contributed by atoms with Gasteiger partial charge in [0.15, 0.2) is 0 Å². The minimum atomic E-state index is 0.185. The van der Waals surface area contributed by atoms with Crippen molar-refractivity contribution in [2.24, 2.45) is 0 Å². The molecular weight excluding hydrogens is 260 g/mol. The highest BCUT2D eigenvalue weighted by atomic mass is 32.2. The highest BCUT2D eigenvalue weighted by molar-refractivity contribution is 8.00. The van der Waals surface area contributed by atoms with Gasteiger partial charge < -0.3 is 0 Å². The van der Waals surface area contributed by atoms with E-state index in [2.05, 4.69) is 83.1 Å². The fourth-order valence-electron chi connectivity index (χ4n) is 2.20. The van der Waals surface area contributed by atoms with Gasteiger partial charge in [0, 0.05) is 10.1 Å². The monoisotopic (exact) mass is 284 g/mol. The molecule has 0 aromatic heterocycles. The number of thioether (sulfide) groups is 1. The van der Waals surface area contributed by atoms with Gasteiger partial charge in [0.25, 0.3) is 0 Å². The number of hydrogen-bond donors (Lipinski definition) is 0. The molecule has 2 rings (SSSR count). The van der Waals surface area contributed by atoms with Crippen molar-refractivity contribution in [2.75, 3.05) is 0 Å². The first kappa shape index (κ1) is 15.2. The largest absolute Gasteiger partial charge is 0.123 e. The highest BCUT2D eigenvalue weighted by Gasteiger charge is 2.16.